The van der Waals surface area contributed by atoms with Crippen LogP contribution in [-0.4, -0.2) is 13.7 Å². The van der Waals surface area contributed by atoms with E-state index >= 15 is 0 Å². The first kappa shape index (κ1) is 9.00. The third-order valence-electron chi connectivity index (χ3n) is 2.38. The second kappa shape index (κ2) is 3.66. The minimum absolute atomic E-state index is 0.141. The number of halogens is 1. The van der Waals surface area contributed by atoms with Crippen LogP contribution in [0.1, 0.15) is 17.2 Å². The van der Waals surface area contributed by atoms with Crippen molar-refractivity contribution in [1.29, 1.82) is 0 Å². The molecule has 2 rings (SSSR count). The lowest BCUT2D eigenvalue weighted by Crippen LogP contribution is -2.28. The Labute approximate surface area is 82.9 Å². The number of methoxy groups -OCH3 is 1. The molecule has 1 unspecified atom stereocenters. The van der Waals surface area contributed by atoms with Gasteiger partial charge in [0.2, 0.25) is 0 Å². The summed E-state index contributed by atoms with van der Waals surface area (Å²) in [4.78, 5) is 0. The van der Waals surface area contributed by atoms with Crippen molar-refractivity contribution in [3.63, 3.8) is 0 Å². The zero-order valence-corrected chi connectivity index (χ0v) is 8.27. The highest BCUT2D eigenvalue weighted by Gasteiger charge is 2.18. The lowest BCUT2D eigenvalue weighted by atomic mass is 9.99. The first-order chi connectivity index (χ1) is 6.31. The van der Waals surface area contributed by atoms with Crippen LogP contribution in [0.25, 0.3) is 0 Å². The zero-order valence-electron chi connectivity index (χ0n) is 7.51. The van der Waals surface area contributed by atoms with Crippen LogP contribution in [0.5, 0.6) is 0 Å². The second-order valence-corrected chi connectivity index (χ2v) is 3.63. The Kier molecular flexibility index (Phi) is 2.54. The summed E-state index contributed by atoms with van der Waals surface area (Å²) in [6.07, 6.45) is 0.141. The molecule has 0 amide bonds. The predicted octanol–water partition coefficient (Wildman–Crippen LogP) is 2.13. The van der Waals surface area contributed by atoms with Crippen molar-refractivity contribution in [1.82, 2.24) is 5.32 Å². The number of ether oxygens (including phenoxy) is 1. The third kappa shape index (κ3) is 1.70. The molecule has 1 heterocycles. The van der Waals surface area contributed by atoms with E-state index in [1.807, 2.05) is 12.1 Å². The van der Waals surface area contributed by atoms with E-state index in [2.05, 4.69) is 11.4 Å². The van der Waals surface area contributed by atoms with Gasteiger partial charge in [-0.3, -0.25) is 0 Å². The summed E-state index contributed by atoms with van der Waals surface area (Å²) >= 11 is 5.92. The van der Waals surface area contributed by atoms with Gasteiger partial charge in [-0.2, -0.15) is 0 Å². The number of hydrogen-bond donors (Lipinski definition) is 1. The van der Waals surface area contributed by atoms with Crippen molar-refractivity contribution in [2.45, 2.75) is 12.6 Å². The fourth-order valence-corrected chi connectivity index (χ4v) is 1.87. The topological polar surface area (TPSA) is 21.3 Å². The van der Waals surface area contributed by atoms with Crippen molar-refractivity contribution < 1.29 is 4.74 Å². The molecule has 1 aromatic rings. The molecule has 1 atom stereocenters. The van der Waals surface area contributed by atoms with E-state index in [9.17, 15) is 0 Å². The highest BCUT2D eigenvalue weighted by molar-refractivity contribution is 6.30. The van der Waals surface area contributed by atoms with Crippen LogP contribution in [0.2, 0.25) is 5.02 Å². The van der Waals surface area contributed by atoms with E-state index in [0.717, 1.165) is 18.1 Å². The van der Waals surface area contributed by atoms with Crippen LogP contribution in [0, 0.1) is 0 Å². The molecule has 13 heavy (non-hydrogen) atoms. The monoisotopic (exact) mass is 197 g/mol. The van der Waals surface area contributed by atoms with E-state index in [1.165, 1.54) is 11.1 Å². The molecule has 0 saturated carbocycles. The van der Waals surface area contributed by atoms with Gasteiger partial charge in [-0.05, 0) is 23.3 Å². The van der Waals surface area contributed by atoms with Crippen LogP contribution >= 0.6 is 11.6 Å². The molecule has 0 aliphatic carbocycles. The molecule has 2 nitrogen and oxygen atoms in total. The molecule has 0 spiro atoms. The lowest BCUT2D eigenvalue weighted by Gasteiger charge is -2.25. The fraction of sp³-hybridized carbons (Fsp3) is 0.400. The molecule has 70 valence electrons. The Hall–Kier alpha value is -0.570. The molecule has 0 saturated heterocycles. The van der Waals surface area contributed by atoms with E-state index in [0.29, 0.717) is 0 Å². The summed E-state index contributed by atoms with van der Waals surface area (Å²) in [5.41, 5.74) is 2.50. The summed E-state index contributed by atoms with van der Waals surface area (Å²) in [5.74, 6) is 0. The van der Waals surface area contributed by atoms with Gasteiger partial charge >= 0.3 is 0 Å². The maximum absolute atomic E-state index is 5.92. The van der Waals surface area contributed by atoms with Crippen molar-refractivity contribution in [2.24, 2.45) is 0 Å². The minimum Gasteiger partial charge on any atom is -0.375 e. The molecular formula is C10H12ClNO. The molecule has 1 aliphatic heterocycles. The number of rotatable bonds is 1. The summed E-state index contributed by atoms with van der Waals surface area (Å²) in [6, 6.07) is 5.96. The highest BCUT2D eigenvalue weighted by Crippen LogP contribution is 2.26. The van der Waals surface area contributed by atoms with Gasteiger partial charge in [0, 0.05) is 25.2 Å². The fourth-order valence-electron chi connectivity index (χ4n) is 1.68. The van der Waals surface area contributed by atoms with Gasteiger partial charge < -0.3 is 10.1 Å². The quantitative estimate of drug-likeness (QED) is 0.745. The highest BCUT2D eigenvalue weighted by atomic mass is 35.5. The van der Waals surface area contributed by atoms with Crippen molar-refractivity contribution in [3.05, 3.63) is 34.3 Å². The molecule has 1 N–H and O–H groups in total. The van der Waals surface area contributed by atoms with Crippen LogP contribution < -0.4 is 5.32 Å². The van der Waals surface area contributed by atoms with E-state index in [4.69, 9.17) is 16.3 Å². The second-order valence-electron chi connectivity index (χ2n) is 3.20. The average molecular weight is 198 g/mol. The van der Waals surface area contributed by atoms with Gasteiger partial charge in [0.05, 0.1) is 6.10 Å². The summed E-state index contributed by atoms with van der Waals surface area (Å²) in [6.45, 7) is 1.77. The van der Waals surface area contributed by atoms with E-state index < -0.39 is 0 Å². The smallest absolute Gasteiger partial charge is 0.0949 e. The largest absolute Gasteiger partial charge is 0.375 e. The Morgan fingerprint density at radius 2 is 2.38 bits per heavy atom. The van der Waals surface area contributed by atoms with Gasteiger partial charge in [0.1, 0.15) is 0 Å². The van der Waals surface area contributed by atoms with Crippen LogP contribution in [0.3, 0.4) is 0 Å². The predicted molar refractivity (Wildman–Crippen MR) is 52.9 cm³/mol. The lowest BCUT2D eigenvalue weighted by molar-refractivity contribution is 0.0955. The standard InChI is InChI=1S/C10H12ClNO/c1-13-10-6-12-5-7-2-3-8(11)4-9(7)10/h2-4,10,12H,5-6H2,1H3. The molecule has 1 aliphatic rings. The van der Waals surface area contributed by atoms with Gasteiger partial charge in [-0.1, -0.05) is 17.7 Å². The SMILES string of the molecule is COC1CNCc2ccc(Cl)cc21. The molecular weight excluding hydrogens is 186 g/mol. The average Bonchev–Trinajstić information content (AvgIpc) is 2.17. The molecule has 0 radical (unpaired) electrons. The number of hydrogen-bond acceptors (Lipinski definition) is 2. The van der Waals surface area contributed by atoms with E-state index in [-0.39, 0.29) is 6.10 Å². The van der Waals surface area contributed by atoms with Crippen LogP contribution in [0.15, 0.2) is 18.2 Å². The maximum Gasteiger partial charge on any atom is 0.0949 e. The van der Waals surface area contributed by atoms with Crippen molar-refractivity contribution in [2.75, 3.05) is 13.7 Å². The Morgan fingerprint density at radius 1 is 1.54 bits per heavy atom. The number of benzene rings is 1. The number of nitrogens with one attached hydrogen (secondary N) is 1. The van der Waals surface area contributed by atoms with Crippen molar-refractivity contribution in [3.8, 4) is 0 Å². The van der Waals surface area contributed by atoms with Gasteiger partial charge in [0.25, 0.3) is 0 Å². The molecule has 0 aromatic heterocycles. The summed E-state index contributed by atoms with van der Waals surface area (Å²) in [5, 5.41) is 4.07. The van der Waals surface area contributed by atoms with Gasteiger partial charge in [-0.25, -0.2) is 0 Å². The van der Waals surface area contributed by atoms with Crippen LogP contribution in [0.4, 0.5) is 0 Å². The van der Waals surface area contributed by atoms with E-state index in [1.54, 1.807) is 7.11 Å². The normalized spacial score (nSPS) is 21.2. The van der Waals surface area contributed by atoms with Crippen LogP contribution in [-0.2, 0) is 11.3 Å². The minimum atomic E-state index is 0.141. The Balaban J connectivity index is 2.41. The van der Waals surface area contributed by atoms with Gasteiger partial charge in [0.15, 0.2) is 0 Å². The zero-order chi connectivity index (χ0) is 9.26. The Morgan fingerprint density at radius 3 is 3.15 bits per heavy atom. The maximum atomic E-state index is 5.92. The summed E-state index contributed by atoms with van der Waals surface area (Å²) < 4.78 is 5.35. The molecule has 0 bridgehead atoms. The molecule has 3 heteroatoms. The molecule has 0 fully saturated rings. The first-order valence-electron chi connectivity index (χ1n) is 4.33. The number of fused-ring (bicyclic) bond motifs is 1. The molecule has 1 aromatic carbocycles. The third-order valence-corrected chi connectivity index (χ3v) is 2.62. The summed E-state index contributed by atoms with van der Waals surface area (Å²) in [7, 11) is 1.72. The Bertz CT molecular complexity index is 314. The van der Waals surface area contributed by atoms with Crippen molar-refractivity contribution >= 4 is 11.6 Å². The first-order valence-corrected chi connectivity index (χ1v) is 4.71. The van der Waals surface area contributed by atoms with Gasteiger partial charge in [-0.15, -0.1) is 0 Å².